The molecular formula is C22H21FN2O2. The van der Waals surface area contributed by atoms with Crippen molar-refractivity contribution in [2.45, 2.75) is 26.2 Å². The molecule has 1 saturated heterocycles. The van der Waals surface area contributed by atoms with Crippen molar-refractivity contribution in [2.24, 2.45) is 0 Å². The van der Waals surface area contributed by atoms with Gasteiger partial charge in [-0.05, 0) is 55.5 Å². The molecule has 1 fully saturated rings. The fourth-order valence-electron chi connectivity index (χ4n) is 3.84. The van der Waals surface area contributed by atoms with E-state index in [0.717, 1.165) is 37.9 Å². The van der Waals surface area contributed by atoms with Crippen LogP contribution in [0.5, 0.6) is 0 Å². The normalized spacial score (nSPS) is 17.9. The molecule has 4 rings (SSSR count). The van der Waals surface area contributed by atoms with Crippen molar-refractivity contribution >= 4 is 23.1 Å². The van der Waals surface area contributed by atoms with E-state index in [-0.39, 0.29) is 17.6 Å². The van der Waals surface area contributed by atoms with E-state index in [0.29, 0.717) is 22.5 Å². The zero-order valence-corrected chi connectivity index (χ0v) is 15.2. The number of imide groups is 1. The van der Waals surface area contributed by atoms with Gasteiger partial charge in [0.05, 0.1) is 11.3 Å². The van der Waals surface area contributed by atoms with Gasteiger partial charge in [0, 0.05) is 13.1 Å². The number of hydrogen-bond donors (Lipinski definition) is 0. The molecule has 0 bridgehead atoms. The van der Waals surface area contributed by atoms with Gasteiger partial charge in [-0.3, -0.25) is 9.59 Å². The first-order chi connectivity index (χ1) is 13.1. The number of piperidine rings is 1. The van der Waals surface area contributed by atoms with Crippen molar-refractivity contribution in [3.8, 4) is 0 Å². The minimum Gasteiger partial charge on any atom is -0.366 e. The number of carbonyl (C=O) groups excluding carboxylic acids is 2. The third-order valence-electron chi connectivity index (χ3n) is 5.22. The summed E-state index contributed by atoms with van der Waals surface area (Å²) in [4.78, 5) is 30.0. The van der Waals surface area contributed by atoms with E-state index in [2.05, 4.69) is 0 Å². The van der Waals surface area contributed by atoms with Crippen LogP contribution in [0.1, 0.15) is 30.4 Å². The quantitative estimate of drug-likeness (QED) is 0.776. The summed E-state index contributed by atoms with van der Waals surface area (Å²) < 4.78 is 13.4. The molecule has 0 radical (unpaired) electrons. The van der Waals surface area contributed by atoms with Gasteiger partial charge in [0.15, 0.2) is 0 Å². The van der Waals surface area contributed by atoms with Gasteiger partial charge in [0.25, 0.3) is 11.8 Å². The zero-order valence-electron chi connectivity index (χ0n) is 15.2. The smallest absolute Gasteiger partial charge is 0.282 e. The van der Waals surface area contributed by atoms with Crippen molar-refractivity contribution in [3.05, 3.63) is 71.2 Å². The number of halogens is 1. The predicted molar refractivity (Wildman–Crippen MR) is 102 cm³/mol. The van der Waals surface area contributed by atoms with Gasteiger partial charge in [-0.1, -0.05) is 30.3 Å². The maximum atomic E-state index is 13.4. The lowest BCUT2D eigenvalue weighted by Gasteiger charge is -2.29. The second-order valence-corrected chi connectivity index (χ2v) is 7.01. The SMILES string of the molecule is Cc1ccccc1N1C(=O)C(c2ccc(F)cc2)=C(N2CCCCC2)C1=O. The Morgan fingerprint density at radius 1 is 0.852 bits per heavy atom. The van der Waals surface area contributed by atoms with E-state index in [4.69, 9.17) is 0 Å². The van der Waals surface area contributed by atoms with E-state index in [9.17, 15) is 14.0 Å². The number of para-hydroxylation sites is 1. The highest BCUT2D eigenvalue weighted by atomic mass is 19.1. The summed E-state index contributed by atoms with van der Waals surface area (Å²) in [6, 6.07) is 13.2. The van der Waals surface area contributed by atoms with Crippen LogP contribution in [0.4, 0.5) is 10.1 Å². The number of hydrogen-bond acceptors (Lipinski definition) is 3. The van der Waals surface area contributed by atoms with Crippen LogP contribution in [-0.4, -0.2) is 29.8 Å². The molecule has 2 amide bonds. The Kier molecular flexibility index (Phi) is 4.52. The summed E-state index contributed by atoms with van der Waals surface area (Å²) in [5.74, 6) is -1.01. The summed E-state index contributed by atoms with van der Waals surface area (Å²) in [6.07, 6.45) is 3.11. The molecule has 138 valence electrons. The van der Waals surface area contributed by atoms with Crippen molar-refractivity contribution in [2.75, 3.05) is 18.0 Å². The molecule has 2 aromatic carbocycles. The minimum atomic E-state index is -0.369. The Hall–Kier alpha value is -2.95. The molecule has 4 nitrogen and oxygen atoms in total. The average molecular weight is 364 g/mol. The minimum absolute atomic E-state index is 0.296. The highest BCUT2D eigenvalue weighted by Crippen LogP contribution is 2.36. The molecule has 0 aliphatic carbocycles. The maximum absolute atomic E-state index is 13.4. The van der Waals surface area contributed by atoms with Crippen molar-refractivity contribution < 1.29 is 14.0 Å². The molecule has 2 heterocycles. The lowest BCUT2D eigenvalue weighted by atomic mass is 10.0. The molecule has 0 N–H and O–H groups in total. The van der Waals surface area contributed by atoms with Crippen molar-refractivity contribution in [1.29, 1.82) is 0 Å². The number of rotatable bonds is 3. The summed E-state index contributed by atoms with van der Waals surface area (Å²) >= 11 is 0. The second kappa shape index (κ2) is 6.99. The number of amides is 2. The highest BCUT2D eigenvalue weighted by Gasteiger charge is 2.43. The summed E-state index contributed by atoms with van der Waals surface area (Å²) in [7, 11) is 0. The molecule has 0 unspecified atom stereocenters. The molecule has 0 atom stereocenters. The Morgan fingerprint density at radius 3 is 2.19 bits per heavy atom. The van der Waals surface area contributed by atoms with E-state index < -0.39 is 0 Å². The fraction of sp³-hybridized carbons (Fsp3) is 0.273. The molecule has 2 aliphatic rings. The zero-order chi connectivity index (χ0) is 19.0. The number of aryl methyl sites for hydroxylation is 1. The van der Waals surface area contributed by atoms with Crippen LogP contribution >= 0.6 is 0 Å². The van der Waals surface area contributed by atoms with E-state index >= 15 is 0 Å². The molecule has 5 heteroatoms. The Labute approximate surface area is 157 Å². The number of likely N-dealkylation sites (tertiary alicyclic amines) is 1. The Bertz CT molecular complexity index is 928. The monoisotopic (exact) mass is 364 g/mol. The van der Waals surface area contributed by atoms with Crippen LogP contribution in [0.2, 0.25) is 0 Å². The predicted octanol–water partition coefficient (Wildman–Crippen LogP) is 3.90. The van der Waals surface area contributed by atoms with Gasteiger partial charge in [-0.25, -0.2) is 9.29 Å². The third-order valence-corrected chi connectivity index (χ3v) is 5.22. The number of benzene rings is 2. The van der Waals surface area contributed by atoms with E-state index in [1.165, 1.54) is 17.0 Å². The van der Waals surface area contributed by atoms with E-state index in [1.54, 1.807) is 18.2 Å². The maximum Gasteiger partial charge on any atom is 0.282 e. The van der Waals surface area contributed by atoms with Gasteiger partial charge in [0.2, 0.25) is 0 Å². The summed E-state index contributed by atoms with van der Waals surface area (Å²) in [5.41, 5.74) is 2.84. The van der Waals surface area contributed by atoms with Crippen LogP contribution in [0, 0.1) is 12.7 Å². The Balaban J connectivity index is 1.84. The van der Waals surface area contributed by atoms with Crippen molar-refractivity contribution in [3.63, 3.8) is 0 Å². The summed E-state index contributed by atoms with van der Waals surface area (Å²) in [5, 5.41) is 0. The van der Waals surface area contributed by atoms with Crippen LogP contribution in [0.15, 0.2) is 54.2 Å². The molecule has 0 spiro atoms. The van der Waals surface area contributed by atoms with Gasteiger partial charge >= 0.3 is 0 Å². The number of anilines is 1. The first-order valence-electron chi connectivity index (χ1n) is 9.27. The molecule has 0 aromatic heterocycles. The van der Waals surface area contributed by atoms with E-state index in [1.807, 2.05) is 30.0 Å². The molecule has 2 aromatic rings. The molecular weight excluding hydrogens is 343 g/mol. The fourth-order valence-corrected chi connectivity index (χ4v) is 3.84. The lowest BCUT2D eigenvalue weighted by molar-refractivity contribution is -0.120. The number of carbonyl (C=O) groups is 2. The summed E-state index contributed by atoms with van der Waals surface area (Å²) in [6.45, 7) is 3.38. The Morgan fingerprint density at radius 2 is 1.52 bits per heavy atom. The van der Waals surface area contributed by atoms with Gasteiger partial charge < -0.3 is 4.90 Å². The average Bonchev–Trinajstić information content (AvgIpc) is 2.94. The number of nitrogens with zero attached hydrogens (tertiary/aromatic N) is 2. The van der Waals surface area contributed by atoms with Crippen LogP contribution in [0.25, 0.3) is 5.57 Å². The first kappa shape index (κ1) is 17.5. The van der Waals surface area contributed by atoms with Crippen molar-refractivity contribution in [1.82, 2.24) is 4.90 Å². The standard InChI is InChI=1S/C22H21FN2O2/c1-15-7-3-4-8-18(15)25-21(26)19(16-9-11-17(23)12-10-16)20(22(25)27)24-13-5-2-6-14-24/h3-4,7-12H,2,5-6,13-14H2,1H3. The van der Waals surface area contributed by atoms with Crippen LogP contribution in [0.3, 0.4) is 0 Å². The molecule has 27 heavy (non-hydrogen) atoms. The first-order valence-corrected chi connectivity index (χ1v) is 9.27. The van der Waals surface area contributed by atoms with Gasteiger partial charge in [-0.2, -0.15) is 0 Å². The largest absolute Gasteiger partial charge is 0.366 e. The van der Waals surface area contributed by atoms with Gasteiger partial charge in [-0.15, -0.1) is 0 Å². The topological polar surface area (TPSA) is 40.6 Å². The van der Waals surface area contributed by atoms with Crippen LogP contribution < -0.4 is 4.90 Å². The third kappa shape index (κ3) is 3.03. The highest BCUT2D eigenvalue weighted by molar-refractivity contribution is 6.45. The molecule has 2 aliphatic heterocycles. The van der Waals surface area contributed by atoms with Gasteiger partial charge in [0.1, 0.15) is 11.5 Å². The molecule has 0 saturated carbocycles. The van der Waals surface area contributed by atoms with Crippen LogP contribution in [-0.2, 0) is 9.59 Å². The second-order valence-electron chi connectivity index (χ2n) is 7.01. The lowest BCUT2D eigenvalue weighted by Crippen LogP contribution is -2.37.